The van der Waals surface area contributed by atoms with Crippen molar-refractivity contribution in [2.75, 3.05) is 0 Å². The van der Waals surface area contributed by atoms with E-state index >= 15 is 0 Å². The number of hydrogen-bond acceptors (Lipinski definition) is 3. The third-order valence-electron chi connectivity index (χ3n) is 2.96. The summed E-state index contributed by atoms with van der Waals surface area (Å²) < 4.78 is 39.4. The summed E-state index contributed by atoms with van der Waals surface area (Å²) in [5.41, 5.74) is -0.240. The molecule has 0 unspecified atom stereocenters. The highest BCUT2D eigenvalue weighted by Gasteiger charge is 2.30. The summed E-state index contributed by atoms with van der Waals surface area (Å²) in [7, 11) is 0. The molecule has 2 heterocycles. The van der Waals surface area contributed by atoms with Gasteiger partial charge in [0, 0.05) is 10.3 Å². The average molecular weight is 374 g/mol. The van der Waals surface area contributed by atoms with Crippen LogP contribution in [0, 0.1) is 0 Å². The average Bonchev–Trinajstić information content (AvgIpc) is 2.89. The number of hydrogen-bond donors (Lipinski definition) is 1. The number of aromatic hydroxyl groups is 1. The standard InChI is InChI=1S/C14H7BrF3NOS/c15-13-9-5-11(21-12(9)10(20)6-19-13)7-2-1-3-8(4-7)14(16,17)18/h1-6,20H. The van der Waals surface area contributed by atoms with Crippen LogP contribution in [0.5, 0.6) is 5.75 Å². The molecule has 2 aromatic heterocycles. The predicted octanol–water partition coefficient (Wildman–Crippen LogP) is 5.45. The molecule has 0 saturated carbocycles. The molecule has 0 fully saturated rings. The summed E-state index contributed by atoms with van der Waals surface area (Å²) in [5.74, 6) is 0.0106. The van der Waals surface area contributed by atoms with Gasteiger partial charge in [0.1, 0.15) is 4.60 Å². The van der Waals surface area contributed by atoms with Crippen molar-refractivity contribution in [2.45, 2.75) is 6.18 Å². The Morgan fingerprint density at radius 1 is 1.19 bits per heavy atom. The van der Waals surface area contributed by atoms with E-state index in [1.54, 1.807) is 12.1 Å². The molecule has 0 bridgehead atoms. The molecule has 0 aliphatic heterocycles. The fraction of sp³-hybridized carbons (Fsp3) is 0.0714. The highest BCUT2D eigenvalue weighted by molar-refractivity contribution is 9.10. The molecule has 1 N–H and O–H groups in total. The van der Waals surface area contributed by atoms with Gasteiger partial charge >= 0.3 is 6.18 Å². The summed E-state index contributed by atoms with van der Waals surface area (Å²) in [6.07, 6.45) is -3.07. The lowest BCUT2D eigenvalue weighted by molar-refractivity contribution is -0.137. The van der Waals surface area contributed by atoms with Crippen LogP contribution in [0.25, 0.3) is 20.5 Å². The summed E-state index contributed by atoms with van der Waals surface area (Å²) in [5, 5.41) is 10.5. The first kappa shape index (κ1) is 14.3. The minimum atomic E-state index is -4.38. The molecule has 3 rings (SSSR count). The Morgan fingerprint density at radius 3 is 2.62 bits per heavy atom. The van der Waals surface area contributed by atoms with Gasteiger partial charge in [-0.1, -0.05) is 12.1 Å². The molecule has 1 aromatic carbocycles. The topological polar surface area (TPSA) is 33.1 Å². The first-order chi connectivity index (χ1) is 9.86. The molecule has 7 heteroatoms. The van der Waals surface area contributed by atoms with E-state index in [0.29, 0.717) is 25.1 Å². The van der Waals surface area contributed by atoms with Crippen molar-refractivity contribution < 1.29 is 18.3 Å². The zero-order chi connectivity index (χ0) is 15.2. The van der Waals surface area contributed by atoms with E-state index in [-0.39, 0.29) is 5.75 Å². The van der Waals surface area contributed by atoms with Crippen molar-refractivity contribution in [3.05, 3.63) is 46.7 Å². The van der Waals surface area contributed by atoms with Gasteiger partial charge in [-0.25, -0.2) is 4.98 Å². The molecule has 0 amide bonds. The molecule has 0 saturated heterocycles. The molecule has 3 aromatic rings. The molecule has 108 valence electrons. The zero-order valence-electron chi connectivity index (χ0n) is 10.3. The second-order valence-corrected chi connectivity index (χ2v) is 6.17. The summed E-state index contributed by atoms with van der Waals surface area (Å²) >= 11 is 4.49. The highest BCUT2D eigenvalue weighted by Crippen LogP contribution is 2.41. The quantitative estimate of drug-likeness (QED) is 0.575. The zero-order valence-corrected chi connectivity index (χ0v) is 12.7. The van der Waals surface area contributed by atoms with Gasteiger partial charge < -0.3 is 5.11 Å². The van der Waals surface area contributed by atoms with Gasteiger partial charge in [0.15, 0.2) is 5.75 Å². The van der Waals surface area contributed by atoms with E-state index in [9.17, 15) is 18.3 Å². The van der Waals surface area contributed by atoms with Crippen LogP contribution in [0.3, 0.4) is 0 Å². The first-order valence-electron chi connectivity index (χ1n) is 5.81. The number of alkyl halides is 3. The minimum Gasteiger partial charge on any atom is -0.505 e. The van der Waals surface area contributed by atoms with Crippen LogP contribution in [0.1, 0.15) is 5.56 Å². The fourth-order valence-corrected chi connectivity index (χ4v) is 3.58. The molecule has 0 aliphatic carbocycles. The number of halogens is 4. The van der Waals surface area contributed by atoms with E-state index in [2.05, 4.69) is 20.9 Å². The van der Waals surface area contributed by atoms with Gasteiger partial charge in [-0.05, 0) is 39.7 Å². The van der Waals surface area contributed by atoms with Crippen LogP contribution in [-0.4, -0.2) is 10.1 Å². The molecule has 2 nitrogen and oxygen atoms in total. The number of nitrogens with zero attached hydrogens (tertiary/aromatic N) is 1. The number of fused-ring (bicyclic) bond motifs is 1. The van der Waals surface area contributed by atoms with Gasteiger partial charge in [-0.15, -0.1) is 11.3 Å². The minimum absolute atomic E-state index is 0.0106. The molecule has 0 aliphatic rings. The molecular weight excluding hydrogens is 367 g/mol. The maximum Gasteiger partial charge on any atom is 0.416 e. The van der Waals surface area contributed by atoms with Gasteiger partial charge in [0.05, 0.1) is 16.5 Å². The van der Waals surface area contributed by atoms with Gasteiger partial charge in [-0.2, -0.15) is 13.2 Å². The molecule has 0 radical (unpaired) electrons. The number of rotatable bonds is 1. The van der Waals surface area contributed by atoms with Crippen molar-refractivity contribution in [3.8, 4) is 16.2 Å². The van der Waals surface area contributed by atoms with E-state index in [1.807, 2.05) is 0 Å². The Balaban J connectivity index is 2.17. The van der Waals surface area contributed by atoms with Gasteiger partial charge in [0.25, 0.3) is 0 Å². The van der Waals surface area contributed by atoms with E-state index in [1.165, 1.54) is 23.6 Å². The largest absolute Gasteiger partial charge is 0.505 e. The van der Waals surface area contributed by atoms with Crippen molar-refractivity contribution in [3.63, 3.8) is 0 Å². The smallest absolute Gasteiger partial charge is 0.416 e. The van der Waals surface area contributed by atoms with Crippen LogP contribution in [0.2, 0.25) is 0 Å². The van der Waals surface area contributed by atoms with Crippen LogP contribution in [-0.2, 0) is 6.18 Å². The maximum atomic E-state index is 12.8. The van der Waals surface area contributed by atoms with E-state index < -0.39 is 11.7 Å². The second-order valence-electron chi connectivity index (χ2n) is 4.37. The second kappa shape index (κ2) is 4.99. The lowest BCUT2D eigenvalue weighted by Crippen LogP contribution is -2.04. The van der Waals surface area contributed by atoms with Crippen molar-refractivity contribution >= 4 is 37.4 Å². The highest BCUT2D eigenvalue weighted by atomic mass is 79.9. The number of aromatic nitrogens is 1. The maximum absolute atomic E-state index is 12.8. The normalized spacial score (nSPS) is 12.0. The van der Waals surface area contributed by atoms with Crippen LogP contribution >= 0.6 is 27.3 Å². The molecular formula is C14H7BrF3NOS. The van der Waals surface area contributed by atoms with Crippen molar-refractivity contribution in [2.24, 2.45) is 0 Å². The third kappa shape index (κ3) is 2.63. The third-order valence-corrected chi connectivity index (χ3v) is 4.80. The lowest BCUT2D eigenvalue weighted by atomic mass is 10.1. The van der Waals surface area contributed by atoms with Gasteiger partial charge in [-0.3, -0.25) is 0 Å². The van der Waals surface area contributed by atoms with Crippen LogP contribution < -0.4 is 0 Å². The van der Waals surface area contributed by atoms with E-state index in [4.69, 9.17) is 0 Å². The van der Waals surface area contributed by atoms with Crippen LogP contribution in [0.4, 0.5) is 13.2 Å². The fourth-order valence-electron chi connectivity index (χ4n) is 1.97. The predicted molar refractivity (Wildman–Crippen MR) is 79.4 cm³/mol. The first-order valence-corrected chi connectivity index (χ1v) is 7.42. The Hall–Kier alpha value is -1.60. The van der Waals surface area contributed by atoms with E-state index in [0.717, 1.165) is 12.1 Å². The van der Waals surface area contributed by atoms with Crippen molar-refractivity contribution in [1.82, 2.24) is 4.98 Å². The Labute approximate surface area is 130 Å². The monoisotopic (exact) mass is 373 g/mol. The summed E-state index contributed by atoms with van der Waals surface area (Å²) in [6, 6.07) is 6.83. The SMILES string of the molecule is Oc1cnc(Br)c2cc(-c3cccc(C(F)(F)F)c3)sc12. The Kier molecular flexibility index (Phi) is 3.41. The summed E-state index contributed by atoms with van der Waals surface area (Å²) in [6.45, 7) is 0. The molecule has 0 atom stereocenters. The molecule has 21 heavy (non-hydrogen) atoms. The lowest BCUT2D eigenvalue weighted by Gasteiger charge is -2.07. The van der Waals surface area contributed by atoms with Crippen molar-refractivity contribution in [1.29, 1.82) is 0 Å². The Bertz CT molecular complexity index is 790. The van der Waals surface area contributed by atoms with Crippen LogP contribution in [0.15, 0.2) is 41.1 Å². The Morgan fingerprint density at radius 2 is 1.95 bits per heavy atom. The van der Waals surface area contributed by atoms with Gasteiger partial charge in [0.2, 0.25) is 0 Å². The number of pyridine rings is 1. The molecule has 0 spiro atoms. The summed E-state index contributed by atoms with van der Waals surface area (Å²) in [4.78, 5) is 4.60. The number of thiophene rings is 1. The number of benzene rings is 1.